The van der Waals surface area contributed by atoms with E-state index in [4.69, 9.17) is 4.74 Å². The molecule has 5 heteroatoms. The van der Waals surface area contributed by atoms with Crippen LogP contribution in [-0.2, 0) is 4.74 Å². The molecule has 0 saturated carbocycles. The fraction of sp³-hybridized carbons (Fsp3) is 0.529. The first-order chi connectivity index (χ1) is 10.2. The number of benzene rings is 1. The van der Waals surface area contributed by atoms with E-state index < -0.39 is 23.7 Å². The van der Waals surface area contributed by atoms with Crippen LogP contribution in [0.4, 0.5) is 4.79 Å². The van der Waals surface area contributed by atoms with Crippen LogP contribution in [0.1, 0.15) is 44.5 Å². The highest BCUT2D eigenvalue weighted by Gasteiger charge is 2.23. The lowest BCUT2D eigenvalue weighted by atomic mass is 9.92. The third-order valence-electron chi connectivity index (χ3n) is 3.16. The number of carbonyl (C=O) groups excluding carboxylic acids is 2. The molecule has 0 saturated heterocycles. The van der Waals surface area contributed by atoms with Gasteiger partial charge in [0.1, 0.15) is 5.60 Å². The van der Waals surface area contributed by atoms with Crippen molar-refractivity contribution in [3.63, 3.8) is 0 Å². The van der Waals surface area contributed by atoms with Gasteiger partial charge in [0.05, 0.1) is 6.10 Å². The van der Waals surface area contributed by atoms with Crippen LogP contribution in [0.15, 0.2) is 30.3 Å². The van der Waals surface area contributed by atoms with Gasteiger partial charge in [0, 0.05) is 18.0 Å². The Morgan fingerprint density at radius 1 is 1.23 bits per heavy atom. The smallest absolute Gasteiger partial charge is 0.407 e. The Bertz CT molecular complexity index is 493. The van der Waals surface area contributed by atoms with Crippen LogP contribution < -0.4 is 5.32 Å². The number of ketones is 1. The molecule has 0 aromatic heterocycles. The maximum absolute atomic E-state index is 12.2. The number of carbonyl (C=O) groups is 2. The van der Waals surface area contributed by atoms with Crippen molar-refractivity contribution in [3.05, 3.63) is 35.9 Å². The van der Waals surface area contributed by atoms with E-state index >= 15 is 0 Å². The van der Waals surface area contributed by atoms with Crippen LogP contribution in [0.5, 0.6) is 0 Å². The van der Waals surface area contributed by atoms with Crippen molar-refractivity contribution in [3.8, 4) is 0 Å². The van der Waals surface area contributed by atoms with E-state index in [1.165, 1.54) is 0 Å². The first-order valence-corrected chi connectivity index (χ1v) is 7.45. The molecule has 1 aromatic carbocycles. The van der Waals surface area contributed by atoms with Gasteiger partial charge in [-0.2, -0.15) is 0 Å². The second-order valence-corrected chi connectivity index (χ2v) is 6.30. The fourth-order valence-corrected chi connectivity index (χ4v) is 1.93. The molecule has 0 aliphatic carbocycles. The van der Waals surface area contributed by atoms with E-state index in [0.717, 1.165) is 0 Å². The van der Waals surface area contributed by atoms with E-state index in [1.54, 1.807) is 52.0 Å². The van der Waals surface area contributed by atoms with Gasteiger partial charge in [-0.15, -0.1) is 0 Å². The Kier molecular flexibility index (Phi) is 6.56. The van der Waals surface area contributed by atoms with Crippen molar-refractivity contribution in [2.75, 3.05) is 6.54 Å². The predicted molar refractivity (Wildman–Crippen MR) is 84.8 cm³/mol. The number of rotatable bonds is 6. The van der Waals surface area contributed by atoms with Gasteiger partial charge in [-0.05, 0) is 27.2 Å². The number of Topliss-reactive ketones (excluding diaryl/α,β-unsaturated/α-hetero) is 1. The molecule has 2 atom stereocenters. The number of hydrogen-bond acceptors (Lipinski definition) is 4. The van der Waals surface area contributed by atoms with Crippen LogP contribution in [-0.4, -0.2) is 35.2 Å². The average Bonchev–Trinajstić information content (AvgIpc) is 2.44. The predicted octanol–water partition coefficient (Wildman–Crippen LogP) is 2.78. The highest BCUT2D eigenvalue weighted by molar-refractivity contribution is 5.97. The summed E-state index contributed by atoms with van der Waals surface area (Å²) in [6.07, 6.45) is -1.05. The molecule has 0 bridgehead atoms. The minimum absolute atomic E-state index is 0.106. The molecule has 5 nitrogen and oxygen atoms in total. The summed E-state index contributed by atoms with van der Waals surface area (Å²) in [5.74, 6) is -0.631. The third-order valence-corrected chi connectivity index (χ3v) is 3.16. The second kappa shape index (κ2) is 7.94. The monoisotopic (exact) mass is 307 g/mol. The van der Waals surface area contributed by atoms with Crippen molar-refractivity contribution in [2.24, 2.45) is 5.92 Å². The first-order valence-electron chi connectivity index (χ1n) is 7.45. The molecule has 1 aromatic rings. The van der Waals surface area contributed by atoms with Gasteiger partial charge in [-0.1, -0.05) is 37.3 Å². The summed E-state index contributed by atoms with van der Waals surface area (Å²) in [6, 6.07) is 8.87. The van der Waals surface area contributed by atoms with Gasteiger partial charge in [0.2, 0.25) is 0 Å². The standard InChI is InChI=1S/C17H25NO4/c1-12(15(20)13-8-6-5-7-9-13)14(19)10-11-18-16(21)22-17(2,3)4/h5-9,12,14,19H,10-11H2,1-4H3,(H,18,21)/t12-,14+/m0/s1. The zero-order chi connectivity index (χ0) is 16.8. The van der Waals surface area contributed by atoms with Gasteiger partial charge >= 0.3 is 6.09 Å². The SMILES string of the molecule is C[C@H](C(=O)c1ccccc1)[C@H](O)CCNC(=O)OC(C)(C)C. The molecule has 1 rings (SSSR count). The molecule has 0 aliphatic heterocycles. The second-order valence-electron chi connectivity index (χ2n) is 6.30. The maximum Gasteiger partial charge on any atom is 0.407 e. The number of ether oxygens (including phenoxy) is 1. The topological polar surface area (TPSA) is 75.6 Å². The van der Waals surface area contributed by atoms with E-state index in [0.29, 0.717) is 12.0 Å². The summed E-state index contributed by atoms with van der Waals surface area (Å²) < 4.78 is 5.10. The van der Waals surface area contributed by atoms with E-state index in [-0.39, 0.29) is 12.3 Å². The number of nitrogens with one attached hydrogen (secondary N) is 1. The van der Waals surface area contributed by atoms with Crippen molar-refractivity contribution in [1.29, 1.82) is 0 Å². The maximum atomic E-state index is 12.2. The molecule has 0 heterocycles. The Balaban J connectivity index is 2.40. The Morgan fingerprint density at radius 2 is 1.82 bits per heavy atom. The Hall–Kier alpha value is -1.88. The first kappa shape index (κ1) is 18.2. The molecule has 0 radical (unpaired) electrons. The largest absolute Gasteiger partial charge is 0.444 e. The summed E-state index contributed by atoms with van der Waals surface area (Å²) in [5, 5.41) is 12.7. The quantitative estimate of drug-likeness (QED) is 0.792. The zero-order valence-corrected chi connectivity index (χ0v) is 13.6. The number of amides is 1. The van der Waals surface area contributed by atoms with Crippen LogP contribution >= 0.6 is 0 Å². The number of hydrogen-bond donors (Lipinski definition) is 2. The lowest BCUT2D eigenvalue weighted by Gasteiger charge is -2.21. The summed E-state index contributed by atoms with van der Waals surface area (Å²) in [6.45, 7) is 7.28. The van der Waals surface area contributed by atoms with Crippen molar-refractivity contribution in [2.45, 2.75) is 45.8 Å². The van der Waals surface area contributed by atoms with Crippen molar-refractivity contribution >= 4 is 11.9 Å². The normalized spacial score (nSPS) is 14.0. The highest BCUT2D eigenvalue weighted by atomic mass is 16.6. The van der Waals surface area contributed by atoms with Gasteiger partial charge in [-0.25, -0.2) is 4.79 Å². The van der Waals surface area contributed by atoms with Gasteiger partial charge in [0.25, 0.3) is 0 Å². The summed E-state index contributed by atoms with van der Waals surface area (Å²) in [7, 11) is 0. The number of alkyl carbamates (subject to hydrolysis) is 1. The number of aliphatic hydroxyl groups is 1. The minimum atomic E-state index is -0.817. The van der Waals surface area contributed by atoms with Gasteiger partial charge < -0.3 is 15.2 Å². The molecule has 0 unspecified atom stereocenters. The molecular formula is C17H25NO4. The van der Waals surface area contributed by atoms with Crippen molar-refractivity contribution < 1.29 is 19.4 Å². The van der Waals surface area contributed by atoms with E-state index in [2.05, 4.69) is 5.32 Å². The third kappa shape index (κ3) is 6.26. The molecule has 22 heavy (non-hydrogen) atoms. The molecular weight excluding hydrogens is 282 g/mol. The number of aliphatic hydroxyl groups excluding tert-OH is 1. The minimum Gasteiger partial charge on any atom is -0.444 e. The van der Waals surface area contributed by atoms with Crippen LogP contribution in [0.25, 0.3) is 0 Å². The molecule has 0 aliphatic rings. The molecule has 2 N–H and O–H groups in total. The Morgan fingerprint density at radius 3 is 2.36 bits per heavy atom. The van der Waals surface area contributed by atoms with Crippen molar-refractivity contribution in [1.82, 2.24) is 5.32 Å². The Labute approximate surface area is 131 Å². The van der Waals surface area contributed by atoms with Gasteiger partial charge in [0.15, 0.2) is 5.78 Å². The summed E-state index contributed by atoms with van der Waals surface area (Å²) in [4.78, 5) is 23.7. The summed E-state index contributed by atoms with van der Waals surface area (Å²) in [5.41, 5.74) is 0.0216. The van der Waals surface area contributed by atoms with Crippen LogP contribution in [0.3, 0.4) is 0 Å². The highest BCUT2D eigenvalue weighted by Crippen LogP contribution is 2.14. The lowest BCUT2D eigenvalue weighted by molar-refractivity contribution is 0.0505. The molecule has 0 fully saturated rings. The van der Waals surface area contributed by atoms with Crippen LogP contribution in [0.2, 0.25) is 0 Å². The zero-order valence-electron chi connectivity index (χ0n) is 13.6. The lowest BCUT2D eigenvalue weighted by Crippen LogP contribution is -2.35. The average molecular weight is 307 g/mol. The van der Waals surface area contributed by atoms with E-state index in [1.807, 2.05) is 6.07 Å². The molecule has 0 spiro atoms. The van der Waals surface area contributed by atoms with E-state index in [9.17, 15) is 14.7 Å². The van der Waals surface area contributed by atoms with Gasteiger partial charge in [-0.3, -0.25) is 4.79 Å². The molecule has 1 amide bonds. The summed E-state index contributed by atoms with van der Waals surface area (Å²) >= 11 is 0. The molecule has 122 valence electrons. The van der Waals surface area contributed by atoms with Crippen LogP contribution in [0, 0.1) is 5.92 Å². The fourth-order valence-electron chi connectivity index (χ4n) is 1.93.